The van der Waals surface area contributed by atoms with Gasteiger partial charge in [-0.05, 0) is 60.7 Å². The third-order valence-corrected chi connectivity index (χ3v) is 12.1. The van der Waals surface area contributed by atoms with Crippen molar-refractivity contribution in [3.63, 3.8) is 0 Å². The number of ether oxygens (including phenoxy) is 4. The van der Waals surface area contributed by atoms with Crippen LogP contribution in [0.1, 0.15) is 64.7 Å². The van der Waals surface area contributed by atoms with Crippen molar-refractivity contribution in [2.45, 2.75) is 82.4 Å². The molecule has 6 spiro atoms. The summed E-state index contributed by atoms with van der Waals surface area (Å²) in [5.74, 6) is -0.184. The van der Waals surface area contributed by atoms with Gasteiger partial charge in [-0.15, -0.1) is 0 Å². The molecule has 2 aliphatic heterocycles. The Kier molecular flexibility index (Phi) is 2.50. The molecule has 1 N–H and O–H groups in total. The molecule has 6 saturated carbocycles. The summed E-state index contributed by atoms with van der Waals surface area (Å²) in [5, 5.41) is 11.7. The lowest BCUT2D eigenvalue weighted by Gasteiger charge is -2.84. The van der Waals surface area contributed by atoms with Crippen molar-refractivity contribution in [3.05, 3.63) is 0 Å². The highest BCUT2D eigenvalue weighted by Gasteiger charge is 3.04. The Morgan fingerprint density at radius 3 is 2.14 bits per heavy atom. The molecular formula is C23H32O5. The van der Waals surface area contributed by atoms with E-state index in [1.807, 2.05) is 0 Å². The molecule has 6 aliphatic carbocycles. The molecule has 0 aromatic rings. The smallest absolute Gasteiger partial charge is 0.174 e. The number of aliphatic hydroxyl groups is 1. The van der Waals surface area contributed by atoms with Crippen LogP contribution < -0.4 is 0 Å². The maximum Gasteiger partial charge on any atom is 0.174 e. The largest absolute Gasteiger partial charge is 0.392 e. The number of fused-ring (bicyclic) bond motifs is 2. The monoisotopic (exact) mass is 388 g/mol. The summed E-state index contributed by atoms with van der Waals surface area (Å²) < 4.78 is 25.1. The Hall–Kier alpha value is -0.200. The molecule has 5 nitrogen and oxygen atoms in total. The number of hydrogen-bond donors (Lipinski definition) is 1. The molecule has 154 valence electrons. The van der Waals surface area contributed by atoms with Gasteiger partial charge in [-0.3, -0.25) is 0 Å². The van der Waals surface area contributed by atoms with Crippen LogP contribution in [0.4, 0.5) is 0 Å². The van der Waals surface area contributed by atoms with E-state index >= 15 is 0 Å². The molecule has 0 bridgehead atoms. The lowest BCUT2D eigenvalue weighted by molar-refractivity contribution is -0.417. The zero-order chi connectivity index (χ0) is 18.7. The van der Waals surface area contributed by atoms with Crippen LogP contribution in [0.15, 0.2) is 0 Å². The average molecular weight is 389 g/mol. The zero-order valence-corrected chi connectivity index (χ0v) is 16.9. The molecule has 0 aromatic carbocycles. The van der Waals surface area contributed by atoms with E-state index in [0.29, 0.717) is 30.0 Å². The second kappa shape index (κ2) is 4.25. The minimum absolute atomic E-state index is 0.0711. The number of rotatable bonds is 0. The van der Waals surface area contributed by atoms with Gasteiger partial charge in [-0.1, -0.05) is 6.92 Å². The van der Waals surface area contributed by atoms with Crippen LogP contribution >= 0.6 is 0 Å². The van der Waals surface area contributed by atoms with Crippen LogP contribution in [0.2, 0.25) is 0 Å². The van der Waals surface area contributed by atoms with Crippen LogP contribution in [0.3, 0.4) is 0 Å². The third-order valence-electron chi connectivity index (χ3n) is 12.1. The van der Waals surface area contributed by atoms with Crippen molar-refractivity contribution in [2.75, 3.05) is 26.4 Å². The Balaban J connectivity index is 1.28. The van der Waals surface area contributed by atoms with Gasteiger partial charge < -0.3 is 24.1 Å². The van der Waals surface area contributed by atoms with E-state index in [9.17, 15) is 5.11 Å². The van der Waals surface area contributed by atoms with Crippen molar-refractivity contribution in [3.8, 4) is 0 Å². The van der Waals surface area contributed by atoms with Gasteiger partial charge in [0, 0.05) is 30.1 Å². The van der Waals surface area contributed by atoms with Crippen LogP contribution in [0.25, 0.3) is 0 Å². The van der Waals surface area contributed by atoms with Crippen molar-refractivity contribution in [1.29, 1.82) is 0 Å². The first-order valence-electron chi connectivity index (χ1n) is 11.7. The van der Waals surface area contributed by atoms with Gasteiger partial charge in [0.25, 0.3) is 0 Å². The maximum atomic E-state index is 11.7. The Bertz CT molecular complexity index is 786. The fourth-order valence-corrected chi connectivity index (χ4v) is 11.6. The van der Waals surface area contributed by atoms with E-state index in [1.54, 1.807) is 0 Å². The molecule has 28 heavy (non-hydrogen) atoms. The quantitative estimate of drug-likeness (QED) is 0.691. The fraction of sp³-hybridized carbons (Fsp3) is 1.00. The van der Waals surface area contributed by atoms with E-state index in [-0.39, 0.29) is 28.1 Å². The SMILES string of the molecule is CC12CC(O)C34CC35CCC3(CC56CCC64C1CCC21OCCO1)OCCO3. The predicted octanol–water partition coefficient (Wildman–Crippen LogP) is 2.99. The van der Waals surface area contributed by atoms with E-state index in [1.165, 1.54) is 32.1 Å². The molecule has 8 fully saturated rings. The standard InChI is InChI=1S/C23H32O5/c1-17-12-16(24)22-14-19(22)4-6-20(25-8-9-26-20)13-18(19)5-7-21(18,22)15(17)2-3-23(17)27-10-11-28-23/h15-16,24H,2-14H2,1H3. The molecule has 8 aliphatic rings. The highest BCUT2D eigenvalue weighted by molar-refractivity contribution is 5.51. The van der Waals surface area contributed by atoms with Crippen molar-refractivity contribution in [2.24, 2.45) is 33.0 Å². The van der Waals surface area contributed by atoms with Gasteiger partial charge >= 0.3 is 0 Å². The van der Waals surface area contributed by atoms with Gasteiger partial charge in [0.2, 0.25) is 0 Å². The van der Waals surface area contributed by atoms with E-state index in [0.717, 1.165) is 38.9 Å². The molecule has 8 rings (SSSR count). The molecule has 2 saturated heterocycles. The Morgan fingerprint density at radius 1 is 0.750 bits per heavy atom. The van der Waals surface area contributed by atoms with Crippen molar-refractivity contribution < 1.29 is 24.1 Å². The lowest BCUT2D eigenvalue weighted by Crippen LogP contribution is -2.82. The lowest BCUT2D eigenvalue weighted by atomic mass is 9.20. The molecule has 0 aromatic heterocycles. The van der Waals surface area contributed by atoms with Gasteiger partial charge in [0.1, 0.15) is 0 Å². The molecule has 0 radical (unpaired) electrons. The summed E-state index contributed by atoms with van der Waals surface area (Å²) in [7, 11) is 0. The molecule has 7 unspecified atom stereocenters. The van der Waals surface area contributed by atoms with Crippen LogP contribution in [-0.2, 0) is 18.9 Å². The van der Waals surface area contributed by atoms with Crippen molar-refractivity contribution >= 4 is 0 Å². The number of hydrogen-bond acceptors (Lipinski definition) is 5. The summed E-state index contributed by atoms with van der Waals surface area (Å²) in [4.78, 5) is 0. The Morgan fingerprint density at radius 2 is 1.43 bits per heavy atom. The molecule has 0 amide bonds. The zero-order valence-electron chi connectivity index (χ0n) is 16.9. The first-order chi connectivity index (χ1) is 13.5. The summed E-state index contributed by atoms with van der Waals surface area (Å²) in [6, 6.07) is 0. The summed E-state index contributed by atoms with van der Waals surface area (Å²) in [6.45, 7) is 5.29. The third kappa shape index (κ3) is 1.18. The molecule has 5 heteroatoms. The molecule has 2 heterocycles. The minimum atomic E-state index is -0.453. The maximum absolute atomic E-state index is 11.7. The normalized spacial score (nSPS) is 63.6. The minimum Gasteiger partial charge on any atom is -0.392 e. The predicted molar refractivity (Wildman–Crippen MR) is 98.2 cm³/mol. The van der Waals surface area contributed by atoms with Gasteiger partial charge in [0.05, 0.1) is 32.5 Å². The van der Waals surface area contributed by atoms with Crippen LogP contribution in [0.5, 0.6) is 0 Å². The summed E-state index contributed by atoms with van der Waals surface area (Å²) in [6.07, 6.45) is 9.95. The summed E-state index contributed by atoms with van der Waals surface area (Å²) >= 11 is 0. The van der Waals surface area contributed by atoms with Gasteiger partial charge in [0.15, 0.2) is 11.6 Å². The van der Waals surface area contributed by atoms with Crippen molar-refractivity contribution in [1.82, 2.24) is 0 Å². The summed E-state index contributed by atoms with van der Waals surface area (Å²) in [5.41, 5.74) is 1.05. The van der Waals surface area contributed by atoms with E-state index in [4.69, 9.17) is 18.9 Å². The average Bonchev–Trinajstić information content (AvgIpc) is 3.10. The topological polar surface area (TPSA) is 57.2 Å². The van der Waals surface area contributed by atoms with E-state index < -0.39 is 5.79 Å². The second-order valence-corrected chi connectivity index (χ2v) is 11.7. The number of aliphatic hydroxyl groups excluding tert-OH is 1. The van der Waals surface area contributed by atoms with E-state index in [2.05, 4.69) is 6.92 Å². The second-order valence-electron chi connectivity index (χ2n) is 11.7. The first-order valence-corrected chi connectivity index (χ1v) is 11.7. The Labute approximate surface area is 166 Å². The van der Waals surface area contributed by atoms with Crippen LogP contribution in [-0.4, -0.2) is 49.2 Å². The highest BCUT2D eigenvalue weighted by atomic mass is 16.7. The molecule has 7 atom stereocenters. The van der Waals surface area contributed by atoms with Gasteiger partial charge in [-0.2, -0.15) is 0 Å². The fourth-order valence-electron chi connectivity index (χ4n) is 11.6. The highest BCUT2D eigenvalue weighted by Crippen LogP contribution is 3.07. The van der Waals surface area contributed by atoms with Gasteiger partial charge in [-0.25, -0.2) is 0 Å². The first kappa shape index (κ1) is 16.5. The molecular weight excluding hydrogens is 356 g/mol. The van der Waals surface area contributed by atoms with Crippen LogP contribution in [0, 0.1) is 33.0 Å².